The lowest BCUT2D eigenvalue weighted by Crippen LogP contribution is -2.26. The topological polar surface area (TPSA) is 69.8 Å². The Morgan fingerprint density at radius 2 is 2.14 bits per heavy atom. The molecule has 1 aliphatic rings. The smallest absolute Gasteiger partial charge is 0.292 e. The molecule has 0 unspecified atom stereocenters. The fourth-order valence-electron chi connectivity index (χ4n) is 1.32. The largest absolute Gasteiger partial charge is 0.368 e. The molecule has 73 valence electrons. The summed E-state index contributed by atoms with van der Waals surface area (Å²) < 4.78 is 2.08. The third-order valence-electron chi connectivity index (χ3n) is 2.07. The van der Waals surface area contributed by atoms with E-state index in [0.717, 1.165) is 15.8 Å². The summed E-state index contributed by atoms with van der Waals surface area (Å²) in [6.07, 6.45) is 4.78. The van der Waals surface area contributed by atoms with E-state index in [1.54, 1.807) is 0 Å². The highest BCUT2D eigenvalue weighted by Gasteiger charge is 2.19. The van der Waals surface area contributed by atoms with Crippen LogP contribution >= 0.6 is 0 Å². The number of aryl methyl sites for hydroxylation is 1. The molecule has 6 nitrogen and oxygen atoms in total. The van der Waals surface area contributed by atoms with E-state index < -0.39 is 5.69 Å². The molecule has 0 aliphatic heterocycles. The van der Waals surface area contributed by atoms with Gasteiger partial charge in [-0.25, -0.2) is 4.79 Å². The Morgan fingerprint density at radius 1 is 1.36 bits per heavy atom. The number of aromatic nitrogens is 4. The zero-order valence-corrected chi connectivity index (χ0v) is 7.73. The molecular formula is C8H9N4O2. The van der Waals surface area contributed by atoms with Gasteiger partial charge in [0.2, 0.25) is 0 Å². The number of carbonyl (C=O) groups is 1. The summed E-state index contributed by atoms with van der Waals surface area (Å²) in [6, 6.07) is 0. The Kier molecular flexibility index (Phi) is 2.03. The monoisotopic (exact) mass is 193 g/mol. The van der Waals surface area contributed by atoms with Gasteiger partial charge >= 0.3 is 5.69 Å². The van der Waals surface area contributed by atoms with Crippen molar-refractivity contribution in [3.63, 3.8) is 0 Å². The van der Waals surface area contributed by atoms with Crippen LogP contribution in [0, 0.1) is 6.08 Å². The molecule has 1 radical (unpaired) electrons. The number of carbonyl (C=O) groups excluding carboxylic acids is 1. The van der Waals surface area contributed by atoms with Crippen LogP contribution in [-0.4, -0.2) is 25.6 Å². The first-order valence-electron chi connectivity index (χ1n) is 4.33. The number of hydrogen-bond acceptors (Lipinski definition) is 4. The number of hydrogen-bond donors (Lipinski definition) is 0. The molecule has 0 amide bonds. The lowest BCUT2D eigenvalue weighted by Gasteiger charge is -2.08. The second-order valence-corrected chi connectivity index (χ2v) is 3.10. The van der Waals surface area contributed by atoms with E-state index in [0.29, 0.717) is 12.8 Å². The second kappa shape index (κ2) is 3.21. The quantitative estimate of drug-likeness (QED) is 0.595. The molecule has 0 spiro atoms. The first-order valence-corrected chi connectivity index (χ1v) is 4.33. The van der Waals surface area contributed by atoms with Crippen molar-refractivity contribution in [1.82, 2.24) is 19.8 Å². The number of tetrazole rings is 1. The molecule has 0 aromatic carbocycles. The number of rotatable bonds is 1. The maximum atomic E-state index is 11.4. The molecule has 0 atom stereocenters. The molecule has 14 heavy (non-hydrogen) atoms. The lowest BCUT2D eigenvalue weighted by atomic mass is 10.0. The van der Waals surface area contributed by atoms with Crippen molar-refractivity contribution in [2.45, 2.75) is 19.3 Å². The minimum absolute atomic E-state index is 0.0983. The van der Waals surface area contributed by atoms with E-state index in [9.17, 15) is 9.59 Å². The highest BCUT2D eigenvalue weighted by molar-refractivity contribution is 6.14. The molecular weight excluding hydrogens is 184 g/mol. The van der Waals surface area contributed by atoms with Crippen LogP contribution in [0.5, 0.6) is 0 Å². The fraction of sp³-hybridized carbons (Fsp3) is 0.500. The number of ketones is 1. The van der Waals surface area contributed by atoms with E-state index in [-0.39, 0.29) is 11.5 Å². The van der Waals surface area contributed by atoms with Crippen molar-refractivity contribution in [1.29, 1.82) is 0 Å². The average molecular weight is 193 g/mol. The third-order valence-corrected chi connectivity index (χ3v) is 2.07. The molecule has 6 heteroatoms. The summed E-state index contributed by atoms with van der Waals surface area (Å²) in [6.45, 7) is 0. The molecule has 1 heterocycles. The highest BCUT2D eigenvalue weighted by atomic mass is 16.2. The van der Waals surface area contributed by atoms with E-state index in [1.165, 1.54) is 7.05 Å². The molecule has 0 fully saturated rings. The van der Waals surface area contributed by atoms with Gasteiger partial charge in [-0.3, -0.25) is 4.79 Å². The molecule has 0 bridgehead atoms. The van der Waals surface area contributed by atoms with Gasteiger partial charge in [-0.2, -0.15) is 9.36 Å². The van der Waals surface area contributed by atoms with Crippen molar-refractivity contribution in [3.05, 3.63) is 16.6 Å². The number of allylic oxidation sites excluding steroid dienone is 2. The van der Waals surface area contributed by atoms with Crippen LogP contribution in [0.1, 0.15) is 19.3 Å². The summed E-state index contributed by atoms with van der Waals surface area (Å²) in [5.41, 5.74) is -0.183. The van der Waals surface area contributed by atoms with Gasteiger partial charge in [-0.05, 0) is 29.3 Å². The van der Waals surface area contributed by atoms with Crippen molar-refractivity contribution in [2.24, 2.45) is 7.05 Å². The first-order chi connectivity index (χ1) is 6.70. The maximum Gasteiger partial charge on any atom is 0.368 e. The molecule has 0 saturated carbocycles. The summed E-state index contributed by atoms with van der Waals surface area (Å²) in [7, 11) is 1.49. The van der Waals surface area contributed by atoms with Crippen molar-refractivity contribution in [3.8, 4) is 0 Å². The Bertz CT molecular complexity index is 454. The van der Waals surface area contributed by atoms with Gasteiger partial charge in [0.15, 0.2) is 5.78 Å². The number of Topliss-reactive ketones (excluding diaryl/α,β-unsaturated/α-hetero) is 1. The molecule has 0 N–H and O–H groups in total. The third kappa shape index (κ3) is 1.28. The fourth-order valence-corrected chi connectivity index (χ4v) is 1.32. The zero-order valence-electron chi connectivity index (χ0n) is 7.73. The summed E-state index contributed by atoms with van der Waals surface area (Å²) >= 11 is 0. The Labute approximate surface area is 79.8 Å². The normalized spacial score (nSPS) is 16.9. The van der Waals surface area contributed by atoms with Gasteiger partial charge in [0.1, 0.15) is 5.70 Å². The minimum atomic E-state index is -0.414. The van der Waals surface area contributed by atoms with Crippen molar-refractivity contribution >= 4 is 11.5 Å². The molecule has 2 rings (SSSR count). The van der Waals surface area contributed by atoms with Crippen molar-refractivity contribution in [2.75, 3.05) is 0 Å². The highest BCUT2D eigenvalue weighted by Crippen LogP contribution is 2.14. The van der Waals surface area contributed by atoms with Crippen LogP contribution in [0.15, 0.2) is 4.79 Å². The lowest BCUT2D eigenvalue weighted by molar-refractivity contribution is -0.114. The Morgan fingerprint density at radius 3 is 2.71 bits per heavy atom. The van der Waals surface area contributed by atoms with Gasteiger partial charge in [0.25, 0.3) is 0 Å². The molecule has 1 aromatic rings. The summed E-state index contributed by atoms with van der Waals surface area (Å²) in [4.78, 5) is 22.8. The molecule has 1 aromatic heterocycles. The van der Waals surface area contributed by atoms with Gasteiger partial charge in [-0.15, -0.1) is 0 Å². The average Bonchev–Trinajstić information content (AvgIpc) is 2.49. The molecule has 0 saturated heterocycles. The van der Waals surface area contributed by atoms with E-state index >= 15 is 0 Å². The maximum absolute atomic E-state index is 11.4. The zero-order chi connectivity index (χ0) is 10.1. The molecule has 1 aliphatic carbocycles. The van der Waals surface area contributed by atoms with Crippen molar-refractivity contribution < 1.29 is 4.79 Å². The van der Waals surface area contributed by atoms with E-state index in [2.05, 4.69) is 16.5 Å². The standard InChI is InChI=1S/C8H9N4O2/c1-11-8(14)12(10-9-11)6-4-2-3-5-7(6)13/h2-3,5H2,1H3. The SMILES string of the molecule is Cn1nnn(C2=[C]CCCC2=O)c1=O. The van der Waals surface area contributed by atoms with Crippen LogP contribution in [0.25, 0.3) is 5.70 Å². The Hall–Kier alpha value is -1.72. The predicted molar refractivity (Wildman–Crippen MR) is 47.1 cm³/mol. The Balaban J connectivity index is 2.49. The van der Waals surface area contributed by atoms with Gasteiger partial charge in [0.05, 0.1) is 0 Å². The van der Waals surface area contributed by atoms with Crippen LogP contribution in [0.4, 0.5) is 0 Å². The van der Waals surface area contributed by atoms with Crippen LogP contribution in [0.2, 0.25) is 0 Å². The van der Waals surface area contributed by atoms with Crippen LogP contribution < -0.4 is 5.69 Å². The summed E-state index contributed by atoms with van der Waals surface area (Å²) in [5, 5.41) is 7.12. The minimum Gasteiger partial charge on any atom is -0.292 e. The number of nitrogens with zero attached hydrogens (tertiary/aromatic N) is 4. The van der Waals surface area contributed by atoms with Crippen LogP contribution in [-0.2, 0) is 11.8 Å². The van der Waals surface area contributed by atoms with Crippen LogP contribution in [0.3, 0.4) is 0 Å². The second-order valence-electron chi connectivity index (χ2n) is 3.10. The van der Waals surface area contributed by atoms with Gasteiger partial charge in [-0.1, -0.05) is 0 Å². The predicted octanol–water partition coefficient (Wildman–Crippen LogP) is -0.626. The van der Waals surface area contributed by atoms with Gasteiger partial charge < -0.3 is 0 Å². The van der Waals surface area contributed by atoms with Gasteiger partial charge in [0, 0.05) is 13.5 Å². The van der Waals surface area contributed by atoms with E-state index in [1.807, 2.05) is 0 Å². The van der Waals surface area contributed by atoms with E-state index in [4.69, 9.17) is 0 Å². The summed E-state index contributed by atoms with van der Waals surface area (Å²) in [5.74, 6) is -0.0983. The first kappa shape index (κ1) is 8.86.